The maximum atomic E-state index is 14.3. The van der Waals surface area contributed by atoms with Crippen molar-refractivity contribution in [3.63, 3.8) is 0 Å². The van der Waals surface area contributed by atoms with Crippen molar-refractivity contribution in [2.75, 3.05) is 33.9 Å². The summed E-state index contributed by atoms with van der Waals surface area (Å²) in [7, 11) is 2.69. The summed E-state index contributed by atoms with van der Waals surface area (Å²) in [5.41, 5.74) is 0.655. The van der Waals surface area contributed by atoms with Crippen LogP contribution in [0.25, 0.3) is 11.1 Å². The van der Waals surface area contributed by atoms with Crippen LogP contribution in [0.5, 0.6) is 11.5 Å². The Morgan fingerprint density at radius 2 is 1.31 bits per heavy atom. The zero-order valence-electron chi connectivity index (χ0n) is 39.7. The number of phenols is 2. The number of aliphatic hydroxyl groups excluding tert-OH is 2. The quantitative estimate of drug-likeness (QED) is 0.0576. The smallest absolute Gasteiger partial charge is 0.326 e. The van der Waals surface area contributed by atoms with Crippen LogP contribution >= 0.6 is 0 Å². The number of phenolic OH excluding ortho intramolecular Hbond substituents is 2. The van der Waals surface area contributed by atoms with Gasteiger partial charge in [0.1, 0.15) is 41.7 Å². The molecule has 2 aromatic rings. The lowest BCUT2D eigenvalue weighted by Gasteiger charge is -2.31. The Kier molecular flexibility index (Phi) is 24.1. The number of aromatic hydroxyl groups is 2. The summed E-state index contributed by atoms with van der Waals surface area (Å²) in [6.07, 6.45) is 15.6. The third-order valence-corrected chi connectivity index (χ3v) is 12.3. The number of fused-ring (bicyclic) bond motifs is 5. The minimum absolute atomic E-state index is 0.000724. The number of benzene rings is 2. The summed E-state index contributed by atoms with van der Waals surface area (Å²) in [5.74, 6) is -6.37. The fraction of sp³-hybridized carbons (Fsp3) is 0.612. The molecule has 0 spiro atoms. The van der Waals surface area contributed by atoms with E-state index in [2.05, 4.69) is 28.2 Å². The lowest BCUT2D eigenvalue weighted by atomic mass is 9.93. The second-order valence-electron chi connectivity index (χ2n) is 17.6. The predicted octanol–water partition coefficient (Wildman–Crippen LogP) is 3.96. The molecule has 0 unspecified atom stereocenters. The van der Waals surface area contributed by atoms with Gasteiger partial charge in [-0.25, -0.2) is 4.79 Å². The summed E-state index contributed by atoms with van der Waals surface area (Å²) in [6.45, 7) is 2.01. The number of hydrogen-bond donors (Lipinski definition) is 9. The number of carbonyl (C=O) groups is 7. The number of amides is 6. The molecule has 9 N–H and O–H groups in total. The maximum Gasteiger partial charge on any atom is 0.326 e. The van der Waals surface area contributed by atoms with Crippen molar-refractivity contribution in [1.82, 2.24) is 31.1 Å². The minimum Gasteiger partial charge on any atom is -0.507 e. The third kappa shape index (κ3) is 17.8. The molecule has 1 aliphatic rings. The van der Waals surface area contributed by atoms with Crippen LogP contribution in [0, 0.1) is 0 Å². The van der Waals surface area contributed by atoms with Gasteiger partial charge in [0.15, 0.2) is 0 Å². The number of nitrogens with zero attached hydrogens (tertiary/aromatic N) is 2. The van der Waals surface area contributed by atoms with Crippen LogP contribution < -0.4 is 21.3 Å². The van der Waals surface area contributed by atoms with Gasteiger partial charge in [-0.1, -0.05) is 96.1 Å². The Bertz CT molecular complexity index is 1960. The summed E-state index contributed by atoms with van der Waals surface area (Å²) >= 11 is 0. The average Bonchev–Trinajstić information content (AvgIpc) is 3.29. The molecule has 1 aliphatic heterocycles. The van der Waals surface area contributed by atoms with E-state index in [1.807, 2.05) is 0 Å². The summed E-state index contributed by atoms with van der Waals surface area (Å²) in [4.78, 5) is 95.5. The number of nitrogens with one attached hydrogen (secondary N) is 4. The molecule has 2 aromatic carbocycles. The molecule has 1 heterocycles. The van der Waals surface area contributed by atoms with Crippen molar-refractivity contribution in [2.24, 2.45) is 0 Å². The fourth-order valence-electron chi connectivity index (χ4n) is 8.09. The summed E-state index contributed by atoms with van der Waals surface area (Å²) in [5, 5.41) is 61.3. The monoisotopic (exact) mass is 939 g/mol. The van der Waals surface area contributed by atoms with Crippen LogP contribution in [0.15, 0.2) is 36.4 Å². The number of aliphatic hydroxyl groups is 2. The minimum atomic E-state index is -1.52. The van der Waals surface area contributed by atoms with Gasteiger partial charge in [0.05, 0.1) is 13.2 Å². The first kappa shape index (κ1) is 55.6. The van der Waals surface area contributed by atoms with E-state index in [0.29, 0.717) is 12.0 Å². The van der Waals surface area contributed by atoms with E-state index >= 15 is 0 Å². The van der Waals surface area contributed by atoms with Gasteiger partial charge in [-0.15, -0.1) is 0 Å². The molecule has 6 amide bonds. The summed E-state index contributed by atoms with van der Waals surface area (Å²) in [6, 6.07) is 1.44. The molecule has 0 radical (unpaired) electrons. The van der Waals surface area contributed by atoms with E-state index in [-0.39, 0.29) is 72.8 Å². The van der Waals surface area contributed by atoms with E-state index in [9.17, 15) is 59.1 Å². The Hall–Kier alpha value is -5.75. The molecule has 0 fully saturated rings. The van der Waals surface area contributed by atoms with E-state index < -0.39 is 78.9 Å². The van der Waals surface area contributed by atoms with Gasteiger partial charge < -0.3 is 56.6 Å². The van der Waals surface area contributed by atoms with Crippen LogP contribution in [0.4, 0.5) is 0 Å². The molecule has 0 aromatic heterocycles. The van der Waals surface area contributed by atoms with E-state index in [1.165, 1.54) is 115 Å². The molecule has 67 heavy (non-hydrogen) atoms. The van der Waals surface area contributed by atoms with Gasteiger partial charge >= 0.3 is 5.97 Å². The van der Waals surface area contributed by atoms with Crippen molar-refractivity contribution >= 4 is 41.4 Å². The standard InChI is InChI=1S/C49H74N6O12/c1-5-6-7-8-9-10-11-12-13-14-15-16-17-21-42(60)54(3)39(31-57)47(64)51-32(2)45(62)50-30-43(61)55(4)44-34-23-25-41(59)36(29-34)35-27-33(22-24-40(35)58)28-38(49(66)67)53-46(63)37(52-48(44)65)20-18-19-26-56/h22-25,27,29,32,37-39,44,56-59H,5-21,26,28,30-31H2,1-4H3,(H,50,62)(H,51,64)(H,52,65)(H,53,63)(H,66,67)/t32-,37+,38+,39-,44+/m1/s1. The molecule has 5 atom stereocenters. The molecular weight excluding hydrogens is 865 g/mol. The SMILES string of the molecule is CCCCCCCCCCCCCCCC(=O)N(C)[C@H](CO)C(=O)N[C@H](C)C(=O)NCC(=O)N(C)[C@@H]1C(=O)N[C@@H](CCCCO)C(=O)N[C@H](C(=O)O)Cc2ccc(O)c(c2)-c2cc1ccc2O. The molecule has 0 saturated carbocycles. The van der Waals surface area contributed by atoms with Gasteiger partial charge in [-0.3, -0.25) is 28.8 Å². The Morgan fingerprint density at radius 3 is 1.90 bits per heavy atom. The van der Waals surface area contributed by atoms with Crippen LogP contribution in [0.2, 0.25) is 0 Å². The highest BCUT2D eigenvalue weighted by molar-refractivity contribution is 5.96. The number of carboxylic acids is 1. The highest BCUT2D eigenvalue weighted by Gasteiger charge is 2.35. The molecule has 4 bridgehead atoms. The van der Waals surface area contributed by atoms with Gasteiger partial charge in [-0.2, -0.15) is 0 Å². The van der Waals surface area contributed by atoms with Gasteiger partial charge in [-0.05, 0) is 68.0 Å². The molecule has 372 valence electrons. The van der Waals surface area contributed by atoms with Crippen LogP contribution in [0.1, 0.15) is 140 Å². The highest BCUT2D eigenvalue weighted by atomic mass is 16.4. The van der Waals surface area contributed by atoms with E-state index in [0.717, 1.165) is 29.1 Å². The van der Waals surface area contributed by atoms with Crippen LogP contribution in [0.3, 0.4) is 0 Å². The lowest BCUT2D eigenvalue weighted by molar-refractivity contribution is -0.143. The van der Waals surface area contributed by atoms with Crippen LogP contribution in [-0.4, -0.2) is 135 Å². The number of likely N-dealkylation sites (N-methyl/N-ethyl adjacent to an activating group) is 2. The molecule has 0 saturated heterocycles. The van der Waals surface area contributed by atoms with Crippen molar-refractivity contribution in [1.29, 1.82) is 0 Å². The first-order valence-electron chi connectivity index (χ1n) is 23.8. The molecule has 0 aliphatic carbocycles. The van der Waals surface area contributed by atoms with Crippen molar-refractivity contribution in [3.05, 3.63) is 47.5 Å². The zero-order valence-corrected chi connectivity index (χ0v) is 39.7. The number of rotatable bonds is 27. The number of unbranched alkanes of at least 4 members (excludes halogenated alkanes) is 13. The van der Waals surface area contributed by atoms with Crippen molar-refractivity contribution in [3.8, 4) is 22.6 Å². The van der Waals surface area contributed by atoms with Gasteiger partial charge in [0, 0.05) is 44.7 Å². The van der Waals surface area contributed by atoms with Gasteiger partial charge in [0.25, 0.3) is 0 Å². The first-order valence-corrected chi connectivity index (χ1v) is 23.8. The Morgan fingerprint density at radius 1 is 0.731 bits per heavy atom. The largest absolute Gasteiger partial charge is 0.507 e. The number of hydrogen-bond acceptors (Lipinski definition) is 11. The van der Waals surface area contributed by atoms with Gasteiger partial charge in [0.2, 0.25) is 35.4 Å². The van der Waals surface area contributed by atoms with Crippen LogP contribution in [-0.2, 0) is 40.0 Å². The average molecular weight is 939 g/mol. The number of carboxylic acid groups (broad SMARTS) is 1. The molecule has 18 nitrogen and oxygen atoms in total. The Labute approximate surface area is 394 Å². The summed E-state index contributed by atoms with van der Waals surface area (Å²) < 4.78 is 0. The highest BCUT2D eigenvalue weighted by Crippen LogP contribution is 2.38. The first-order chi connectivity index (χ1) is 32.0. The second kappa shape index (κ2) is 29.1. The normalized spacial score (nSPS) is 17.0. The second-order valence-corrected chi connectivity index (χ2v) is 17.6. The number of carbonyl (C=O) groups excluding carboxylic acids is 6. The topological polar surface area (TPSA) is 275 Å². The molecule has 18 heteroatoms. The lowest BCUT2D eigenvalue weighted by Crippen LogP contribution is -2.55. The molecular formula is C49H74N6O12. The maximum absolute atomic E-state index is 14.3. The van der Waals surface area contributed by atoms with E-state index in [1.54, 1.807) is 0 Å². The molecule has 3 rings (SSSR count). The zero-order chi connectivity index (χ0) is 49.5. The van der Waals surface area contributed by atoms with Crippen molar-refractivity contribution < 1.29 is 59.1 Å². The van der Waals surface area contributed by atoms with Crippen molar-refractivity contribution in [2.45, 2.75) is 160 Å². The van der Waals surface area contributed by atoms with E-state index in [4.69, 9.17) is 0 Å². The fourth-order valence-corrected chi connectivity index (χ4v) is 8.09. The third-order valence-electron chi connectivity index (χ3n) is 12.3. The number of aliphatic carboxylic acids is 1. The predicted molar refractivity (Wildman–Crippen MR) is 251 cm³/mol. The Balaban J connectivity index is 1.67.